The van der Waals surface area contributed by atoms with Crippen molar-refractivity contribution in [2.24, 2.45) is 0 Å². The summed E-state index contributed by atoms with van der Waals surface area (Å²) in [5.41, 5.74) is -0.108. The monoisotopic (exact) mass is 326 g/mol. The highest BCUT2D eigenvalue weighted by Crippen LogP contribution is 2.37. The molecule has 0 heterocycles. The second-order valence-electron chi connectivity index (χ2n) is 4.45. The number of carboxylic acids is 1. The minimum atomic E-state index is -4.48. The Balaban J connectivity index is 2.55. The molecule has 0 fully saturated rings. The van der Waals surface area contributed by atoms with Gasteiger partial charge in [0.25, 0.3) is 0 Å². The Hall–Kier alpha value is -2.27. The standard InChI is InChI=1S/C16H10ClF3O2/c17-14-7-5-10(9-11(14)6-8-15(21)22)12-3-1-2-4-13(12)16(18,19)20/h1-9H,(H,21,22)/b8-6+. The van der Waals surface area contributed by atoms with Gasteiger partial charge in [0.1, 0.15) is 0 Å². The number of halogens is 4. The number of rotatable bonds is 3. The van der Waals surface area contributed by atoms with Crippen LogP contribution in [0.3, 0.4) is 0 Å². The van der Waals surface area contributed by atoms with Crippen LogP contribution in [0.15, 0.2) is 48.5 Å². The molecule has 0 bridgehead atoms. The van der Waals surface area contributed by atoms with Gasteiger partial charge in [-0.05, 0) is 41.0 Å². The van der Waals surface area contributed by atoms with Gasteiger partial charge in [0, 0.05) is 11.1 Å². The van der Waals surface area contributed by atoms with E-state index >= 15 is 0 Å². The van der Waals surface area contributed by atoms with Gasteiger partial charge >= 0.3 is 12.1 Å². The Labute approximate surface area is 129 Å². The summed E-state index contributed by atoms with van der Waals surface area (Å²) in [6.07, 6.45) is -2.36. The second-order valence-corrected chi connectivity index (χ2v) is 4.86. The molecular formula is C16H10ClF3O2. The molecule has 2 aromatic carbocycles. The van der Waals surface area contributed by atoms with E-state index in [9.17, 15) is 18.0 Å². The van der Waals surface area contributed by atoms with E-state index < -0.39 is 17.7 Å². The molecule has 6 heteroatoms. The number of carbonyl (C=O) groups is 1. The zero-order valence-electron chi connectivity index (χ0n) is 11.1. The van der Waals surface area contributed by atoms with Crippen molar-refractivity contribution in [1.29, 1.82) is 0 Å². The van der Waals surface area contributed by atoms with Gasteiger partial charge in [-0.2, -0.15) is 13.2 Å². The van der Waals surface area contributed by atoms with Crippen molar-refractivity contribution in [3.8, 4) is 11.1 Å². The molecule has 0 aromatic heterocycles. The lowest BCUT2D eigenvalue weighted by atomic mass is 9.97. The van der Waals surface area contributed by atoms with Crippen LogP contribution in [0.4, 0.5) is 13.2 Å². The highest BCUT2D eigenvalue weighted by molar-refractivity contribution is 6.32. The van der Waals surface area contributed by atoms with E-state index in [0.717, 1.165) is 12.1 Å². The maximum Gasteiger partial charge on any atom is 0.417 e. The van der Waals surface area contributed by atoms with Crippen LogP contribution in [-0.4, -0.2) is 11.1 Å². The summed E-state index contributed by atoms with van der Waals surface area (Å²) in [6, 6.07) is 9.50. The Kier molecular flexibility index (Phi) is 4.56. The van der Waals surface area contributed by atoms with Gasteiger partial charge in [-0.25, -0.2) is 4.79 Å². The average Bonchev–Trinajstić information content (AvgIpc) is 2.45. The molecule has 0 aliphatic rings. The first-order chi connectivity index (χ1) is 10.3. The van der Waals surface area contributed by atoms with E-state index in [-0.39, 0.29) is 10.6 Å². The molecule has 0 saturated carbocycles. The number of aliphatic carboxylic acids is 1. The lowest BCUT2D eigenvalue weighted by molar-refractivity contribution is -0.137. The lowest BCUT2D eigenvalue weighted by Crippen LogP contribution is -2.06. The van der Waals surface area contributed by atoms with Gasteiger partial charge < -0.3 is 5.11 Å². The fourth-order valence-electron chi connectivity index (χ4n) is 1.98. The van der Waals surface area contributed by atoms with Crippen molar-refractivity contribution in [2.75, 3.05) is 0 Å². The van der Waals surface area contributed by atoms with Crippen molar-refractivity contribution < 1.29 is 23.1 Å². The predicted octanol–water partition coefficient (Wildman–Crippen LogP) is 5.12. The van der Waals surface area contributed by atoms with E-state index in [1.165, 1.54) is 42.5 Å². The van der Waals surface area contributed by atoms with Gasteiger partial charge in [-0.15, -0.1) is 0 Å². The van der Waals surface area contributed by atoms with Gasteiger partial charge in [0.2, 0.25) is 0 Å². The lowest BCUT2D eigenvalue weighted by Gasteiger charge is -2.13. The van der Waals surface area contributed by atoms with Gasteiger partial charge in [-0.1, -0.05) is 35.9 Å². The normalized spacial score (nSPS) is 11.8. The van der Waals surface area contributed by atoms with Gasteiger partial charge in [0.15, 0.2) is 0 Å². The zero-order chi connectivity index (χ0) is 16.3. The molecule has 0 amide bonds. The molecule has 114 valence electrons. The minimum Gasteiger partial charge on any atom is -0.478 e. The summed E-state index contributed by atoms with van der Waals surface area (Å²) >= 11 is 5.93. The maximum absolute atomic E-state index is 13.0. The smallest absolute Gasteiger partial charge is 0.417 e. The Morgan fingerprint density at radius 3 is 2.45 bits per heavy atom. The number of hydrogen-bond acceptors (Lipinski definition) is 1. The predicted molar refractivity (Wildman–Crippen MR) is 78.6 cm³/mol. The molecule has 0 saturated heterocycles. The third-order valence-electron chi connectivity index (χ3n) is 2.94. The summed E-state index contributed by atoms with van der Waals surface area (Å²) in [5.74, 6) is -1.17. The summed E-state index contributed by atoms with van der Waals surface area (Å²) < 4.78 is 39.1. The van der Waals surface area contributed by atoms with E-state index in [4.69, 9.17) is 16.7 Å². The second kappa shape index (κ2) is 6.23. The largest absolute Gasteiger partial charge is 0.478 e. The molecule has 0 atom stereocenters. The molecule has 2 aromatic rings. The van der Waals surface area contributed by atoms with Crippen molar-refractivity contribution in [1.82, 2.24) is 0 Å². The fraction of sp³-hybridized carbons (Fsp3) is 0.0625. The molecule has 0 aliphatic carbocycles. The van der Waals surface area contributed by atoms with Crippen LogP contribution >= 0.6 is 11.6 Å². The number of alkyl halides is 3. The molecule has 2 rings (SSSR count). The summed E-state index contributed by atoms with van der Waals surface area (Å²) in [7, 11) is 0. The number of hydrogen-bond donors (Lipinski definition) is 1. The van der Waals surface area contributed by atoms with Crippen LogP contribution < -0.4 is 0 Å². The molecule has 22 heavy (non-hydrogen) atoms. The first kappa shape index (κ1) is 16.1. The van der Waals surface area contributed by atoms with Crippen LogP contribution in [-0.2, 0) is 11.0 Å². The van der Waals surface area contributed by atoms with E-state index in [1.54, 1.807) is 0 Å². The van der Waals surface area contributed by atoms with Crippen molar-refractivity contribution in [3.05, 3.63) is 64.7 Å². The molecular weight excluding hydrogens is 317 g/mol. The van der Waals surface area contributed by atoms with Crippen LogP contribution in [0, 0.1) is 0 Å². The van der Waals surface area contributed by atoms with E-state index in [1.807, 2.05) is 0 Å². The van der Waals surface area contributed by atoms with Gasteiger partial charge in [0.05, 0.1) is 5.56 Å². The van der Waals surface area contributed by atoms with E-state index in [0.29, 0.717) is 11.1 Å². The molecule has 0 aliphatic heterocycles. The molecule has 2 nitrogen and oxygen atoms in total. The molecule has 1 N–H and O–H groups in total. The first-order valence-electron chi connectivity index (χ1n) is 6.16. The highest BCUT2D eigenvalue weighted by atomic mass is 35.5. The van der Waals surface area contributed by atoms with Crippen molar-refractivity contribution >= 4 is 23.6 Å². The van der Waals surface area contributed by atoms with Crippen molar-refractivity contribution in [2.45, 2.75) is 6.18 Å². The summed E-state index contributed by atoms with van der Waals surface area (Å²) in [5, 5.41) is 8.88. The Morgan fingerprint density at radius 2 is 1.82 bits per heavy atom. The van der Waals surface area contributed by atoms with Crippen LogP contribution in [0.25, 0.3) is 17.2 Å². The summed E-state index contributed by atoms with van der Waals surface area (Å²) in [6.45, 7) is 0. The first-order valence-corrected chi connectivity index (χ1v) is 6.54. The Morgan fingerprint density at radius 1 is 1.14 bits per heavy atom. The van der Waals surface area contributed by atoms with Crippen LogP contribution in [0.1, 0.15) is 11.1 Å². The minimum absolute atomic E-state index is 0.0108. The topological polar surface area (TPSA) is 37.3 Å². The molecule has 0 radical (unpaired) electrons. The van der Waals surface area contributed by atoms with Gasteiger partial charge in [-0.3, -0.25) is 0 Å². The zero-order valence-corrected chi connectivity index (χ0v) is 11.8. The highest BCUT2D eigenvalue weighted by Gasteiger charge is 2.33. The van der Waals surface area contributed by atoms with Crippen LogP contribution in [0.2, 0.25) is 5.02 Å². The maximum atomic E-state index is 13.0. The SMILES string of the molecule is O=C(O)/C=C/c1cc(-c2ccccc2C(F)(F)F)ccc1Cl. The van der Waals surface area contributed by atoms with E-state index in [2.05, 4.69) is 0 Å². The average molecular weight is 327 g/mol. The molecule has 0 unspecified atom stereocenters. The summed E-state index contributed by atoms with van der Waals surface area (Å²) in [4.78, 5) is 10.5. The van der Waals surface area contributed by atoms with Crippen molar-refractivity contribution in [3.63, 3.8) is 0 Å². The third kappa shape index (κ3) is 3.68. The Bertz CT molecular complexity index is 736. The van der Waals surface area contributed by atoms with Crippen LogP contribution in [0.5, 0.6) is 0 Å². The fourth-order valence-corrected chi connectivity index (χ4v) is 2.16. The quantitative estimate of drug-likeness (QED) is 0.794. The number of benzene rings is 2. The third-order valence-corrected chi connectivity index (χ3v) is 3.29. The molecule has 0 spiro atoms. The number of carboxylic acid groups (broad SMARTS) is 1.